The maximum atomic E-state index is 5.64. The van der Waals surface area contributed by atoms with E-state index >= 15 is 0 Å². The molecule has 0 bridgehead atoms. The average Bonchev–Trinajstić information content (AvgIpc) is 3.28. The largest absolute Gasteiger partial charge is 0.379 e. The number of ether oxygens (including phenoxy) is 1. The molecule has 1 unspecified atom stereocenters. The van der Waals surface area contributed by atoms with Crippen molar-refractivity contribution in [2.24, 2.45) is 0 Å². The van der Waals surface area contributed by atoms with E-state index in [1.165, 1.54) is 12.8 Å². The third-order valence-corrected chi connectivity index (χ3v) is 4.31. The molecule has 0 radical (unpaired) electrons. The maximum absolute atomic E-state index is 5.64. The zero-order valence-electron chi connectivity index (χ0n) is 13.3. The molecule has 1 aliphatic carbocycles. The zero-order chi connectivity index (χ0) is 14.9. The Hall–Kier alpha value is -1.36. The second-order valence-corrected chi connectivity index (χ2v) is 6.55. The van der Waals surface area contributed by atoms with Gasteiger partial charge in [-0.2, -0.15) is 0 Å². The summed E-state index contributed by atoms with van der Waals surface area (Å²) in [6, 6.07) is 0. The molecule has 0 spiro atoms. The first-order valence-corrected chi connectivity index (χ1v) is 8.09. The van der Waals surface area contributed by atoms with E-state index in [1.807, 2.05) is 0 Å². The fraction of sp³-hybridized carbons (Fsp3) is 0.750. The number of nitrogens with zero attached hydrogens (tertiary/aromatic N) is 2. The molecule has 5 heteroatoms. The van der Waals surface area contributed by atoms with E-state index in [9.17, 15) is 0 Å². The highest BCUT2D eigenvalue weighted by molar-refractivity contribution is 5.58. The molecular formula is C16H26N4O. The molecule has 2 N–H and O–H groups in total. The highest BCUT2D eigenvalue weighted by atomic mass is 16.5. The minimum absolute atomic E-state index is 0.0261. The molecule has 0 amide bonds. The topological polar surface area (TPSA) is 59.1 Å². The van der Waals surface area contributed by atoms with Crippen molar-refractivity contribution in [1.82, 2.24) is 9.97 Å². The highest BCUT2D eigenvalue weighted by Crippen LogP contribution is 2.40. The molecule has 3 rings (SSSR count). The number of anilines is 2. The van der Waals surface area contributed by atoms with Crippen LogP contribution in [-0.2, 0) is 4.74 Å². The van der Waals surface area contributed by atoms with Gasteiger partial charge in [-0.25, -0.2) is 9.97 Å². The summed E-state index contributed by atoms with van der Waals surface area (Å²) in [4.78, 5) is 9.51. The first-order chi connectivity index (χ1) is 10.1. The van der Waals surface area contributed by atoms with E-state index in [4.69, 9.17) is 14.7 Å². The third kappa shape index (κ3) is 3.28. The Labute approximate surface area is 126 Å². The molecule has 1 aliphatic heterocycles. The van der Waals surface area contributed by atoms with Crippen molar-refractivity contribution < 1.29 is 4.74 Å². The van der Waals surface area contributed by atoms with Gasteiger partial charge in [-0.3, -0.25) is 0 Å². The molecule has 1 saturated carbocycles. The van der Waals surface area contributed by atoms with E-state index in [2.05, 4.69) is 31.4 Å². The summed E-state index contributed by atoms with van der Waals surface area (Å²) in [5, 5.41) is 7.00. The van der Waals surface area contributed by atoms with Gasteiger partial charge in [-0.1, -0.05) is 0 Å². The van der Waals surface area contributed by atoms with Crippen molar-refractivity contribution in [1.29, 1.82) is 0 Å². The standard InChI is InChI=1S/C16H26N4O/c1-4-17-13-11(2)14(19-15(18-13)12-6-7-12)20-16(3)8-5-9-21-10-16/h12H,4-10H2,1-3H3,(H2,17,18,19,20). The number of hydrogen-bond donors (Lipinski definition) is 2. The van der Waals surface area contributed by atoms with Gasteiger partial charge in [0.1, 0.15) is 17.5 Å². The van der Waals surface area contributed by atoms with Crippen LogP contribution in [0.4, 0.5) is 11.6 Å². The number of aromatic nitrogens is 2. The fourth-order valence-electron chi connectivity index (χ4n) is 2.84. The summed E-state index contributed by atoms with van der Waals surface area (Å²) in [6.07, 6.45) is 4.65. The summed E-state index contributed by atoms with van der Waals surface area (Å²) in [7, 11) is 0. The summed E-state index contributed by atoms with van der Waals surface area (Å²) in [5.41, 5.74) is 1.08. The Morgan fingerprint density at radius 1 is 1.29 bits per heavy atom. The molecule has 1 saturated heterocycles. The summed E-state index contributed by atoms with van der Waals surface area (Å²) in [5.74, 6) is 3.48. The molecule has 2 fully saturated rings. The van der Waals surface area contributed by atoms with Crippen molar-refractivity contribution in [3.8, 4) is 0 Å². The number of rotatable bonds is 5. The SMILES string of the molecule is CCNc1nc(C2CC2)nc(NC2(C)CCCOC2)c1C. The first kappa shape index (κ1) is 14.6. The minimum Gasteiger partial charge on any atom is -0.379 e. The van der Waals surface area contributed by atoms with Gasteiger partial charge in [0.15, 0.2) is 0 Å². The van der Waals surface area contributed by atoms with Crippen LogP contribution in [0.15, 0.2) is 0 Å². The van der Waals surface area contributed by atoms with Crippen molar-refractivity contribution in [2.45, 2.75) is 57.9 Å². The highest BCUT2D eigenvalue weighted by Gasteiger charge is 2.31. The molecule has 0 aromatic carbocycles. The minimum atomic E-state index is -0.0261. The molecule has 2 heterocycles. The van der Waals surface area contributed by atoms with E-state index in [1.54, 1.807) is 0 Å². The van der Waals surface area contributed by atoms with E-state index in [0.29, 0.717) is 5.92 Å². The van der Waals surface area contributed by atoms with Gasteiger partial charge < -0.3 is 15.4 Å². The van der Waals surface area contributed by atoms with Crippen LogP contribution in [0, 0.1) is 6.92 Å². The van der Waals surface area contributed by atoms with Crippen LogP contribution in [-0.4, -0.2) is 35.3 Å². The normalized spacial score (nSPS) is 25.7. The van der Waals surface area contributed by atoms with Crippen LogP contribution in [0.3, 0.4) is 0 Å². The Balaban J connectivity index is 1.88. The van der Waals surface area contributed by atoms with Crippen LogP contribution in [0.25, 0.3) is 0 Å². The summed E-state index contributed by atoms with van der Waals surface area (Å²) < 4.78 is 5.64. The zero-order valence-corrected chi connectivity index (χ0v) is 13.3. The first-order valence-electron chi connectivity index (χ1n) is 8.09. The molecule has 1 aromatic heterocycles. The third-order valence-electron chi connectivity index (χ3n) is 4.31. The lowest BCUT2D eigenvalue weighted by molar-refractivity contribution is 0.0538. The van der Waals surface area contributed by atoms with Gasteiger partial charge in [-0.05, 0) is 46.5 Å². The van der Waals surface area contributed by atoms with Crippen molar-refractivity contribution >= 4 is 11.6 Å². The average molecular weight is 290 g/mol. The Bertz CT molecular complexity index is 507. The van der Waals surface area contributed by atoms with Gasteiger partial charge in [0.05, 0.1) is 12.1 Å². The van der Waals surface area contributed by atoms with Crippen LogP contribution in [0.2, 0.25) is 0 Å². The van der Waals surface area contributed by atoms with Crippen LogP contribution < -0.4 is 10.6 Å². The molecule has 116 valence electrons. The van der Waals surface area contributed by atoms with Crippen LogP contribution in [0.1, 0.15) is 56.8 Å². The van der Waals surface area contributed by atoms with E-state index in [-0.39, 0.29) is 5.54 Å². The maximum Gasteiger partial charge on any atom is 0.136 e. The second kappa shape index (κ2) is 5.79. The quantitative estimate of drug-likeness (QED) is 0.872. The van der Waals surface area contributed by atoms with Gasteiger partial charge in [0, 0.05) is 24.6 Å². The van der Waals surface area contributed by atoms with E-state index in [0.717, 1.165) is 55.6 Å². The number of hydrogen-bond acceptors (Lipinski definition) is 5. The molecule has 1 atom stereocenters. The van der Waals surface area contributed by atoms with Crippen molar-refractivity contribution in [3.05, 3.63) is 11.4 Å². The predicted octanol–water partition coefficient (Wildman–Crippen LogP) is 3.08. The van der Waals surface area contributed by atoms with Gasteiger partial charge >= 0.3 is 0 Å². The molecule has 2 aliphatic rings. The molecule has 5 nitrogen and oxygen atoms in total. The predicted molar refractivity (Wildman–Crippen MR) is 85.0 cm³/mol. The van der Waals surface area contributed by atoms with Crippen LogP contribution in [0.5, 0.6) is 0 Å². The lowest BCUT2D eigenvalue weighted by atomic mass is 9.94. The molecule has 21 heavy (non-hydrogen) atoms. The lowest BCUT2D eigenvalue weighted by Gasteiger charge is -2.35. The van der Waals surface area contributed by atoms with Gasteiger partial charge in [-0.15, -0.1) is 0 Å². The Morgan fingerprint density at radius 2 is 2.05 bits per heavy atom. The molecular weight excluding hydrogens is 264 g/mol. The number of nitrogens with one attached hydrogen (secondary N) is 2. The summed E-state index contributed by atoms with van der Waals surface area (Å²) in [6.45, 7) is 8.90. The lowest BCUT2D eigenvalue weighted by Crippen LogP contribution is -2.43. The Kier molecular flexibility index (Phi) is 4.02. The second-order valence-electron chi connectivity index (χ2n) is 6.55. The monoisotopic (exact) mass is 290 g/mol. The summed E-state index contributed by atoms with van der Waals surface area (Å²) >= 11 is 0. The Morgan fingerprint density at radius 3 is 2.67 bits per heavy atom. The van der Waals surface area contributed by atoms with Crippen molar-refractivity contribution in [3.63, 3.8) is 0 Å². The van der Waals surface area contributed by atoms with Gasteiger partial charge in [0.2, 0.25) is 0 Å². The van der Waals surface area contributed by atoms with Crippen LogP contribution >= 0.6 is 0 Å². The smallest absolute Gasteiger partial charge is 0.136 e. The van der Waals surface area contributed by atoms with E-state index < -0.39 is 0 Å². The fourth-order valence-corrected chi connectivity index (χ4v) is 2.84. The van der Waals surface area contributed by atoms with Crippen molar-refractivity contribution in [2.75, 3.05) is 30.4 Å². The molecule has 1 aromatic rings. The van der Waals surface area contributed by atoms with Gasteiger partial charge in [0.25, 0.3) is 0 Å².